The monoisotopic (exact) mass is 447 g/mol. The summed E-state index contributed by atoms with van der Waals surface area (Å²) in [5.74, 6) is -3.51. The lowest BCUT2D eigenvalue weighted by Gasteiger charge is -2.45. The molecule has 3 N–H and O–H groups in total. The number of allylic oxidation sites excluding steroid dienone is 3. The number of Topliss-reactive ketones (excluding diaryl/α,β-unsaturated/α-hetero) is 1. The van der Waals surface area contributed by atoms with Crippen molar-refractivity contribution in [2.45, 2.75) is 56.0 Å². The van der Waals surface area contributed by atoms with Gasteiger partial charge in [0.1, 0.15) is 0 Å². The quantitative estimate of drug-likeness (QED) is 0.597. The number of carbonyl (C=O) groups is 3. The van der Waals surface area contributed by atoms with Crippen molar-refractivity contribution in [1.82, 2.24) is 15.1 Å². The zero-order valence-electron chi connectivity index (χ0n) is 17.5. The van der Waals surface area contributed by atoms with E-state index in [0.29, 0.717) is 18.0 Å². The van der Waals surface area contributed by atoms with Crippen LogP contribution in [0.1, 0.15) is 32.1 Å². The second-order valence-electron chi connectivity index (χ2n) is 8.20. The van der Waals surface area contributed by atoms with Crippen LogP contribution in [0.25, 0.3) is 0 Å². The van der Waals surface area contributed by atoms with Gasteiger partial charge in [0, 0.05) is 30.1 Å². The molecule has 1 saturated heterocycles. The number of hydrogen-bond acceptors (Lipinski definition) is 6. The molecule has 1 spiro atoms. The van der Waals surface area contributed by atoms with E-state index in [4.69, 9.17) is 9.90 Å². The van der Waals surface area contributed by atoms with Crippen LogP contribution >= 0.6 is 0 Å². The molecule has 8 nitrogen and oxygen atoms in total. The summed E-state index contributed by atoms with van der Waals surface area (Å²) in [6.07, 6.45) is 4.66. The molecule has 0 unspecified atom stereocenters. The number of aliphatic carboxylic acids is 2. The third-order valence-electron chi connectivity index (χ3n) is 6.04. The molecule has 11 heteroatoms. The number of carboxylic acid groups (broad SMARTS) is 2. The van der Waals surface area contributed by atoms with Gasteiger partial charge >= 0.3 is 18.1 Å². The van der Waals surface area contributed by atoms with Crippen LogP contribution in [0.5, 0.6) is 0 Å². The first kappa shape index (κ1) is 25.0. The van der Waals surface area contributed by atoms with Gasteiger partial charge in [-0.2, -0.15) is 13.2 Å². The third kappa shape index (κ3) is 6.14. The van der Waals surface area contributed by atoms with Gasteiger partial charge in [-0.05, 0) is 39.8 Å². The first-order valence-electron chi connectivity index (χ1n) is 9.96. The number of nitrogens with one attached hydrogen (secondary N) is 1. The molecule has 0 aromatic carbocycles. The van der Waals surface area contributed by atoms with Crippen LogP contribution in [0.2, 0.25) is 0 Å². The van der Waals surface area contributed by atoms with Crippen molar-refractivity contribution >= 4 is 17.7 Å². The van der Waals surface area contributed by atoms with Crippen LogP contribution in [0.3, 0.4) is 0 Å². The van der Waals surface area contributed by atoms with Crippen molar-refractivity contribution in [2.75, 3.05) is 27.2 Å². The van der Waals surface area contributed by atoms with Crippen LogP contribution in [0.15, 0.2) is 23.8 Å². The van der Waals surface area contributed by atoms with E-state index in [1.165, 1.54) is 0 Å². The fourth-order valence-electron chi connectivity index (χ4n) is 4.38. The zero-order valence-corrected chi connectivity index (χ0v) is 17.5. The number of carbonyl (C=O) groups excluding carboxylic acids is 1. The Morgan fingerprint density at radius 1 is 1.26 bits per heavy atom. The maximum atomic E-state index is 12.3. The number of carboxylic acids is 2. The largest absolute Gasteiger partial charge is 0.490 e. The predicted molar refractivity (Wildman–Crippen MR) is 105 cm³/mol. The molecule has 0 aromatic heterocycles. The Morgan fingerprint density at radius 3 is 2.29 bits per heavy atom. The van der Waals surface area contributed by atoms with Crippen LogP contribution in [-0.2, 0) is 14.4 Å². The highest BCUT2D eigenvalue weighted by molar-refractivity contribution is 5.98. The minimum atomic E-state index is -5.08. The highest BCUT2D eigenvalue weighted by atomic mass is 19.4. The maximum absolute atomic E-state index is 12.3. The van der Waals surface area contributed by atoms with E-state index in [9.17, 15) is 27.9 Å². The summed E-state index contributed by atoms with van der Waals surface area (Å²) in [5, 5.41) is 20.0. The van der Waals surface area contributed by atoms with Crippen molar-refractivity contribution in [3.8, 4) is 0 Å². The topological polar surface area (TPSA) is 110 Å². The molecular weight excluding hydrogens is 419 g/mol. The molecular formula is C20H28F3N3O5. The number of halogens is 3. The predicted octanol–water partition coefficient (Wildman–Crippen LogP) is 1.63. The van der Waals surface area contributed by atoms with Crippen molar-refractivity contribution in [1.29, 1.82) is 0 Å². The lowest BCUT2D eigenvalue weighted by Crippen LogP contribution is -2.55. The second-order valence-corrected chi connectivity index (χ2v) is 8.20. The Kier molecular flexibility index (Phi) is 8.01. The second kappa shape index (κ2) is 9.92. The number of alkyl halides is 3. The minimum Gasteiger partial charge on any atom is -0.480 e. The van der Waals surface area contributed by atoms with Crippen LogP contribution < -0.4 is 5.32 Å². The van der Waals surface area contributed by atoms with Gasteiger partial charge in [0.2, 0.25) is 0 Å². The maximum Gasteiger partial charge on any atom is 0.490 e. The van der Waals surface area contributed by atoms with Crippen LogP contribution in [-0.4, -0.2) is 88.8 Å². The summed E-state index contributed by atoms with van der Waals surface area (Å²) in [7, 11) is 4.20. The molecule has 1 atom stereocenters. The number of hydrogen-bond donors (Lipinski definition) is 3. The molecule has 1 aliphatic heterocycles. The summed E-state index contributed by atoms with van der Waals surface area (Å²) in [6, 6.07) is 0.555. The lowest BCUT2D eigenvalue weighted by molar-refractivity contribution is -0.192. The normalized spacial score (nSPS) is 29.0. The van der Waals surface area contributed by atoms with E-state index in [0.717, 1.165) is 32.2 Å². The molecule has 0 radical (unpaired) electrons. The van der Waals surface area contributed by atoms with E-state index in [2.05, 4.69) is 24.3 Å². The first-order chi connectivity index (χ1) is 14.4. The van der Waals surface area contributed by atoms with Crippen LogP contribution in [0.4, 0.5) is 13.2 Å². The Labute approximate surface area is 178 Å². The smallest absolute Gasteiger partial charge is 0.480 e. The average Bonchev–Trinajstić information content (AvgIpc) is 2.99. The van der Waals surface area contributed by atoms with E-state index >= 15 is 0 Å². The summed E-state index contributed by atoms with van der Waals surface area (Å²) in [5.41, 5.74) is 0.544. The Hall–Kier alpha value is -2.24. The molecule has 31 heavy (non-hydrogen) atoms. The molecule has 0 amide bonds. The molecule has 2 fully saturated rings. The van der Waals surface area contributed by atoms with Gasteiger partial charge in [0.05, 0.1) is 12.7 Å². The molecule has 3 aliphatic rings. The van der Waals surface area contributed by atoms with Gasteiger partial charge in [-0.1, -0.05) is 18.2 Å². The number of rotatable bonds is 4. The van der Waals surface area contributed by atoms with E-state index in [-0.39, 0.29) is 24.0 Å². The Balaban J connectivity index is 0.000000423. The highest BCUT2D eigenvalue weighted by Crippen LogP contribution is 2.40. The summed E-state index contributed by atoms with van der Waals surface area (Å²) >= 11 is 0. The molecule has 1 saturated carbocycles. The molecule has 2 aliphatic carbocycles. The van der Waals surface area contributed by atoms with E-state index in [1.807, 2.05) is 23.1 Å². The fraction of sp³-hybridized carbons (Fsp3) is 0.650. The van der Waals surface area contributed by atoms with Gasteiger partial charge < -0.3 is 15.1 Å². The summed E-state index contributed by atoms with van der Waals surface area (Å²) < 4.78 is 31.7. The Bertz CT molecular complexity index is 756. The molecule has 0 aromatic rings. The molecule has 0 bridgehead atoms. The van der Waals surface area contributed by atoms with Gasteiger partial charge in [-0.3, -0.25) is 19.8 Å². The SMILES string of the molecule is CN(C)C1CCC2(CC1)CN[C@@H](C1=CC=CCC1=O)N2CC(=O)O.O=C(O)C(F)(F)F. The van der Waals surface area contributed by atoms with Gasteiger partial charge in [-0.15, -0.1) is 0 Å². The van der Waals surface area contributed by atoms with Crippen LogP contribution in [0, 0.1) is 0 Å². The third-order valence-corrected chi connectivity index (χ3v) is 6.04. The van der Waals surface area contributed by atoms with Crippen molar-refractivity contribution < 1.29 is 37.8 Å². The first-order valence-corrected chi connectivity index (χ1v) is 9.96. The number of ketones is 1. The standard InChI is InChI=1S/C18H27N3O3.C2HF3O2/c1-20(2)13-7-9-18(10-8-13)12-19-17(21(18)11-16(23)24)14-5-3-4-6-15(14)22;3-2(4,5)1(6)7/h3-5,13,17,19H,6-12H2,1-2H3,(H,23,24);(H,6,7)/t13?,17-,18?;/m1./s1. The zero-order chi connectivity index (χ0) is 23.4. The molecule has 1 heterocycles. The van der Waals surface area contributed by atoms with Gasteiger partial charge in [-0.25, -0.2) is 4.79 Å². The molecule has 3 rings (SSSR count). The molecule has 174 valence electrons. The van der Waals surface area contributed by atoms with Crippen molar-refractivity contribution in [3.05, 3.63) is 23.8 Å². The van der Waals surface area contributed by atoms with E-state index in [1.54, 1.807) is 0 Å². The number of nitrogens with zero attached hydrogens (tertiary/aromatic N) is 2. The fourth-order valence-corrected chi connectivity index (χ4v) is 4.38. The van der Waals surface area contributed by atoms with E-state index < -0.39 is 18.1 Å². The lowest BCUT2D eigenvalue weighted by atomic mass is 9.78. The highest BCUT2D eigenvalue weighted by Gasteiger charge is 2.50. The van der Waals surface area contributed by atoms with Crippen molar-refractivity contribution in [3.63, 3.8) is 0 Å². The van der Waals surface area contributed by atoms with Gasteiger partial charge in [0.15, 0.2) is 5.78 Å². The summed E-state index contributed by atoms with van der Waals surface area (Å²) in [4.78, 5) is 36.9. The average molecular weight is 447 g/mol. The minimum absolute atomic E-state index is 0.0291. The summed E-state index contributed by atoms with van der Waals surface area (Å²) in [6.45, 7) is 0.720. The van der Waals surface area contributed by atoms with Gasteiger partial charge in [0.25, 0.3) is 0 Å². The van der Waals surface area contributed by atoms with Crippen molar-refractivity contribution in [2.24, 2.45) is 0 Å². The Morgan fingerprint density at radius 2 is 1.84 bits per heavy atom.